The third-order valence-electron chi connectivity index (χ3n) is 3.24. The summed E-state index contributed by atoms with van der Waals surface area (Å²) in [6.07, 6.45) is 1.94. The van der Waals surface area contributed by atoms with Crippen LogP contribution >= 0.6 is 23.2 Å². The van der Waals surface area contributed by atoms with Crippen molar-refractivity contribution in [1.29, 1.82) is 0 Å². The van der Waals surface area contributed by atoms with Crippen molar-refractivity contribution in [1.82, 2.24) is 0 Å². The molecule has 0 fully saturated rings. The Balaban J connectivity index is 2.36. The minimum absolute atomic E-state index is 0.121. The summed E-state index contributed by atoms with van der Waals surface area (Å²) in [4.78, 5) is 0. The molecule has 1 aliphatic heterocycles. The summed E-state index contributed by atoms with van der Waals surface area (Å²) in [5.41, 5.74) is 0.802. The Labute approximate surface area is 106 Å². The Kier molecular flexibility index (Phi) is 3.22. The van der Waals surface area contributed by atoms with Crippen LogP contribution in [0.1, 0.15) is 26.7 Å². The lowest BCUT2D eigenvalue weighted by Crippen LogP contribution is -2.44. The molecule has 0 saturated heterocycles. The quantitative estimate of drug-likeness (QED) is 0.853. The van der Waals surface area contributed by atoms with Crippen molar-refractivity contribution in [3.8, 4) is 5.75 Å². The van der Waals surface area contributed by atoms with E-state index in [0.29, 0.717) is 10.0 Å². The second kappa shape index (κ2) is 4.34. The van der Waals surface area contributed by atoms with Crippen molar-refractivity contribution >= 4 is 28.9 Å². The molecule has 0 saturated carbocycles. The van der Waals surface area contributed by atoms with Crippen LogP contribution in [0.3, 0.4) is 0 Å². The van der Waals surface area contributed by atoms with E-state index in [9.17, 15) is 0 Å². The Bertz CT molecular complexity index is 402. The summed E-state index contributed by atoms with van der Waals surface area (Å²) in [6.45, 7) is 5.08. The van der Waals surface area contributed by atoms with Crippen molar-refractivity contribution in [3.63, 3.8) is 0 Å². The Morgan fingerprint density at radius 3 is 2.50 bits per heavy atom. The fourth-order valence-electron chi connectivity index (χ4n) is 1.92. The van der Waals surface area contributed by atoms with Gasteiger partial charge in [-0.3, -0.25) is 0 Å². The zero-order valence-corrected chi connectivity index (χ0v) is 11.0. The van der Waals surface area contributed by atoms with E-state index in [1.54, 1.807) is 6.07 Å². The van der Waals surface area contributed by atoms with Gasteiger partial charge < -0.3 is 10.1 Å². The zero-order valence-electron chi connectivity index (χ0n) is 9.44. The highest BCUT2D eigenvalue weighted by Crippen LogP contribution is 2.40. The first kappa shape index (κ1) is 11.9. The molecule has 1 heterocycles. The number of ether oxygens (including phenoxy) is 1. The molecular formula is C12H15Cl2NO. The van der Waals surface area contributed by atoms with E-state index >= 15 is 0 Å². The maximum Gasteiger partial charge on any atom is 0.144 e. The average molecular weight is 260 g/mol. The van der Waals surface area contributed by atoms with Gasteiger partial charge in [-0.25, -0.2) is 0 Å². The standard InChI is InChI=1S/C12H15Cl2NO/c1-3-12(4-2)7-15-10-5-8(13)9(14)6-11(10)16-12/h5-6,15H,3-4,7H2,1-2H3. The third-order valence-corrected chi connectivity index (χ3v) is 3.96. The minimum atomic E-state index is -0.121. The van der Waals surface area contributed by atoms with Crippen LogP contribution in [0.15, 0.2) is 12.1 Å². The lowest BCUT2D eigenvalue weighted by atomic mass is 9.95. The Morgan fingerprint density at radius 1 is 1.25 bits per heavy atom. The molecule has 0 aromatic heterocycles. The number of fused-ring (bicyclic) bond motifs is 1. The molecule has 4 heteroatoms. The van der Waals surface area contributed by atoms with Crippen LogP contribution in [0.25, 0.3) is 0 Å². The van der Waals surface area contributed by atoms with Gasteiger partial charge in [-0.05, 0) is 18.9 Å². The molecule has 0 aliphatic carbocycles. The van der Waals surface area contributed by atoms with E-state index in [2.05, 4.69) is 19.2 Å². The summed E-state index contributed by atoms with van der Waals surface area (Å²) >= 11 is 11.9. The van der Waals surface area contributed by atoms with Crippen LogP contribution in [0.5, 0.6) is 5.75 Å². The van der Waals surface area contributed by atoms with Gasteiger partial charge in [-0.2, -0.15) is 0 Å². The zero-order chi connectivity index (χ0) is 11.8. The maximum atomic E-state index is 6.05. The number of hydrogen-bond donors (Lipinski definition) is 1. The van der Waals surface area contributed by atoms with Crippen LogP contribution in [0, 0.1) is 0 Å². The lowest BCUT2D eigenvalue weighted by molar-refractivity contribution is 0.0671. The lowest BCUT2D eigenvalue weighted by Gasteiger charge is -2.38. The first-order valence-corrected chi connectivity index (χ1v) is 6.28. The second-order valence-corrected chi connectivity index (χ2v) is 4.92. The van der Waals surface area contributed by atoms with E-state index in [-0.39, 0.29) is 5.60 Å². The number of hydrogen-bond acceptors (Lipinski definition) is 2. The van der Waals surface area contributed by atoms with Crippen LogP contribution < -0.4 is 10.1 Å². The third kappa shape index (κ3) is 1.96. The van der Waals surface area contributed by atoms with Crippen LogP contribution in [0.4, 0.5) is 5.69 Å². The highest BCUT2D eigenvalue weighted by atomic mass is 35.5. The number of rotatable bonds is 2. The summed E-state index contributed by atoms with van der Waals surface area (Å²) in [6, 6.07) is 3.60. The molecule has 1 aromatic rings. The van der Waals surface area contributed by atoms with E-state index in [1.165, 1.54) is 0 Å². The van der Waals surface area contributed by atoms with Gasteiger partial charge in [0.15, 0.2) is 0 Å². The molecule has 0 bridgehead atoms. The van der Waals surface area contributed by atoms with E-state index in [1.807, 2.05) is 6.07 Å². The number of benzene rings is 1. The van der Waals surface area contributed by atoms with Crippen LogP contribution in [-0.2, 0) is 0 Å². The fraction of sp³-hybridized carbons (Fsp3) is 0.500. The summed E-state index contributed by atoms with van der Waals surface area (Å²) in [5, 5.41) is 4.44. The van der Waals surface area contributed by atoms with Gasteiger partial charge in [0.1, 0.15) is 11.4 Å². The SMILES string of the molecule is CCC1(CC)CNc2cc(Cl)c(Cl)cc2O1. The van der Waals surface area contributed by atoms with E-state index < -0.39 is 0 Å². The summed E-state index contributed by atoms with van der Waals surface area (Å²) in [7, 11) is 0. The van der Waals surface area contributed by atoms with E-state index in [0.717, 1.165) is 30.8 Å². The van der Waals surface area contributed by atoms with Crippen molar-refractivity contribution in [3.05, 3.63) is 22.2 Å². The van der Waals surface area contributed by atoms with Gasteiger partial charge >= 0.3 is 0 Å². The highest BCUT2D eigenvalue weighted by molar-refractivity contribution is 6.42. The van der Waals surface area contributed by atoms with E-state index in [4.69, 9.17) is 27.9 Å². The molecule has 2 nitrogen and oxygen atoms in total. The van der Waals surface area contributed by atoms with Crippen molar-refractivity contribution < 1.29 is 4.74 Å². The molecule has 0 radical (unpaired) electrons. The smallest absolute Gasteiger partial charge is 0.144 e. The molecule has 0 unspecified atom stereocenters. The maximum absolute atomic E-state index is 6.05. The normalized spacial score (nSPS) is 17.2. The molecule has 1 aliphatic rings. The van der Waals surface area contributed by atoms with Gasteiger partial charge in [0.25, 0.3) is 0 Å². The second-order valence-electron chi connectivity index (χ2n) is 4.11. The van der Waals surface area contributed by atoms with Crippen LogP contribution in [-0.4, -0.2) is 12.1 Å². The molecule has 16 heavy (non-hydrogen) atoms. The molecule has 1 N–H and O–H groups in total. The largest absolute Gasteiger partial charge is 0.483 e. The topological polar surface area (TPSA) is 21.3 Å². The predicted octanol–water partition coefficient (Wildman–Crippen LogP) is 4.36. The van der Waals surface area contributed by atoms with Crippen molar-refractivity contribution in [2.24, 2.45) is 0 Å². The average Bonchev–Trinajstić information content (AvgIpc) is 2.30. The summed E-state index contributed by atoms with van der Waals surface area (Å²) in [5.74, 6) is 0.796. The van der Waals surface area contributed by atoms with Crippen molar-refractivity contribution in [2.45, 2.75) is 32.3 Å². The van der Waals surface area contributed by atoms with Gasteiger partial charge in [0.2, 0.25) is 0 Å². The predicted molar refractivity (Wildman–Crippen MR) is 68.9 cm³/mol. The number of halogens is 2. The first-order chi connectivity index (χ1) is 7.60. The van der Waals surface area contributed by atoms with Gasteiger partial charge in [0.05, 0.1) is 22.3 Å². The number of anilines is 1. The molecule has 0 amide bonds. The van der Waals surface area contributed by atoms with Gasteiger partial charge in [-0.15, -0.1) is 0 Å². The minimum Gasteiger partial charge on any atom is -0.483 e. The summed E-state index contributed by atoms with van der Waals surface area (Å²) < 4.78 is 6.05. The first-order valence-electron chi connectivity index (χ1n) is 5.52. The van der Waals surface area contributed by atoms with Gasteiger partial charge in [0, 0.05) is 6.07 Å². The van der Waals surface area contributed by atoms with Crippen LogP contribution in [0.2, 0.25) is 10.0 Å². The Hall–Kier alpha value is -0.600. The Morgan fingerprint density at radius 2 is 1.88 bits per heavy atom. The van der Waals surface area contributed by atoms with Crippen molar-refractivity contribution in [2.75, 3.05) is 11.9 Å². The highest BCUT2D eigenvalue weighted by Gasteiger charge is 2.33. The molecule has 0 atom stereocenters. The molecule has 88 valence electrons. The van der Waals surface area contributed by atoms with Gasteiger partial charge in [-0.1, -0.05) is 37.0 Å². The molecule has 0 spiro atoms. The fourth-order valence-corrected chi connectivity index (χ4v) is 2.24. The monoisotopic (exact) mass is 259 g/mol. The molecular weight excluding hydrogens is 245 g/mol. The number of nitrogens with one attached hydrogen (secondary N) is 1. The molecule has 1 aromatic carbocycles. The molecule has 2 rings (SSSR count).